The molecule has 2 amide bonds. The highest BCUT2D eigenvalue weighted by molar-refractivity contribution is 6.40. The third-order valence-electron chi connectivity index (χ3n) is 3.33. The SMILES string of the molecule is COc1ccc(NC(=O)C(=O)NC(C)c2ccc(F)cc2)cc1Cl. The van der Waals surface area contributed by atoms with Crippen molar-refractivity contribution in [3.05, 3.63) is 58.9 Å². The fourth-order valence-electron chi connectivity index (χ4n) is 2.03. The third kappa shape index (κ3) is 4.45. The molecule has 2 rings (SSSR count). The Hall–Kier alpha value is -2.60. The second-order valence-corrected chi connectivity index (χ2v) is 5.46. The molecule has 0 aliphatic rings. The lowest BCUT2D eigenvalue weighted by atomic mass is 10.1. The number of hydrogen-bond donors (Lipinski definition) is 2. The van der Waals surface area contributed by atoms with Gasteiger partial charge in [0.25, 0.3) is 0 Å². The summed E-state index contributed by atoms with van der Waals surface area (Å²) in [6.45, 7) is 1.70. The number of carbonyl (C=O) groups is 2. The molecule has 0 radical (unpaired) electrons. The number of hydrogen-bond acceptors (Lipinski definition) is 3. The first-order chi connectivity index (χ1) is 11.4. The Morgan fingerprint density at radius 3 is 2.38 bits per heavy atom. The fraction of sp³-hybridized carbons (Fsp3) is 0.176. The molecule has 1 atom stereocenters. The molecule has 2 N–H and O–H groups in total. The summed E-state index contributed by atoms with van der Waals surface area (Å²) in [5, 5.41) is 5.31. The molecule has 0 saturated carbocycles. The van der Waals surface area contributed by atoms with Crippen molar-refractivity contribution in [1.29, 1.82) is 0 Å². The normalized spacial score (nSPS) is 11.5. The lowest BCUT2D eigenvalue weighted by molar-refractivity contribution is -0.136. The predicted octanol–water partition coefficient (Wildman–Crippen LogP) is 3.30. The molecule has 7 heteroatoms. The van der Waals surface area contributed by atoms with Gasteiger partial charge in [-0.2, -0.15) is 0 Å². The standard InChI is InChI=1S/C17H16ClFN2O3/c1-10(11-3-5-12(19)6-4-11)20-16(22)17(23)21-13-7-8-15(24-2)14(18)9-13/h3-10H,1-2H3,(H,20,22)(H,21,23). The van der Waals surface area contributed by atoms with Crippen LogP contribution in [-0.2, 0) is 9.59 Å². The van der Waals surface area contributed by atoms with Crippen molar-refractivity contribution in [3.8, 4) is 5.75 Å². The van der Waals surface area contributed by atoms with Gasteiger partial charge >= 0.3 is 11.8 Å². The molecular formula is C17H16ClFN2O3. The van der Waals surface area contributed by atoms with Crippen molar-refractivity contribution < 1.29 is 18.7 Å². The quantitative estimate of drug-likeness (QED) is 0.831. The van der Waals surface area contributed by atoms with Crippen LogP contribution in [0.15, 0.2) is 42.5 Å². The molecule has 2 aromatic rings. The van der Waals surface area contributed by atoms with E-state index in [1.54, 1.807) is 31.2 Å². The minimum atomic E-state index is -0.829. The topological polar surface area (TPSA) is 67.4 Å². The summed E-state index contributed by atoms with van der Waals surface area (Å²) in [6.07, 6.45) is 0. The number of benzene rings is 2. The minimum Gasteiger partial charge on any atom is -0.495 e. The van der Waals surface area contributed by atoms with Gasteiger partial charge < -0.3 is 15.4 Å². The molecule has 2 aromatic carbocycles. The van der Waals surface area contributed by atoms with Gasteiger partial charge in [-0.05, 0) is 42.8 Å². The molecule has 0 bridgehead atoms. The molecular weight excluding hydrogens is 335 g/mol. The van der Waals surface area contributed by atoms with E-state index in [-0.39, 0.29) is 5.82 Å². The Labute approximate surface area is 143 Å². The van der Waals surface area contributed by atoms with Crippen molar-refractivity contribution in [1.82, 2.24) is 5.32 Å². The average molecular weight is 351 g/mol. The Kier molecular flexibility index (Phi) is 5.76. The van der Waals surface area contributed by atoms with Crippen LogP contribution in [0.1, 0.15) is 18.5 Å². The Morgan fingerprint density at radius 2 is 1.79 bits per heavy atom. The first kappa shape index (κ1) is 17.7. The summed E-state index contributed by atoms with van der Waals surface area (Å²) in [7, 11) is 1.48. The fourth-order valence-corrected chi connectivity index (χ4v) is 2.29. The van der Waals surface area contributed by atoms with Crippen LogP contribution in [0.3, 0.4) is 0 Å². The van der Waals surface area contributed by atoms with E-state index >= 15 is 0 Å². The van der Waals surface area contributed by atoms with Crippen molar-refractivity contribution in [2.45, 2.75) is 13.0 Å². The summed E-state index contributed by atoms with van der Waals surface area (Å²) in [6, 6.07) is 9.85. The molecule has 0 heterocycles. The Bertz CT molecular complexity index is 750. The van der Waals surface area contributed by atoms with Crippen LogP contribution >= 0.6 is 11.6 Å². The zero-order valence-electron chi connectivity index (χ0n) is 13.1. The van der Waals surface area contributed by atoms with E-state index in [0.717, 1.165) is 0 Å². The van der Waals surface area contributed by atoms with Crippen LogP contribution in [0.25, 0.3) is 0 Å². The van der Waals surface area contributed by atoms with Crippen molar-refractivity contribution >= 4 is 29.1 Å². The van der Waals surface area contributed by atoms with Gasteiger partial charge in [0.05, 0.1) is 18.2 Å². The highest BCUT2D eigenvalue weighted by atomic mass is 35.5. The number of halogens is 2. The maximum absolute atomic E-state index is 12.9. The maximum atomic E-state index is 12.9. The first-order valence-corrected chi connectivity index (χ1v) is 7.49. The lowest BCUT2D eigenvalue weighted by Gasteiger charge is -2.14. The molecule has 1 unspecified atom stereocenters. The zero-order valence-corrected chi connectivity index (χ0v) is 13.9. The van der Waals surface area contributed by atoms with E-state index in [1.807, 2.05) is 0 Å². The van der Waals surface area contributed by atoms with Gasteiger partial charge in [0.15, 0.2) is 0 Å². The monoisotopic (exact) mass is 350 g/mol. The van der Waals surface area contributed by atoms with Crippen LogP contribution in [-0.4, -0.2) is 18.9 Å². The minimum absolute atomic E-state index is 0.315. The Balaban J connectivity index is 1.98. The molecule has 24 heavy (non-hydrogen) atoms. The molecule has 0 spiro atoms. The smallest absolute Gasteiger partial charge is 0.313 e. The van der Waals surface area contributed by atoms with Gasteiger partial charge in [-0.25, -0.2) is 4.39 Å². The van der Waals surface area contributed by atoms with E-state index < -0.39 is 17.9 Å². The number of carbonyl (C=O) groups excluding carboxylic acids is 2. The zero-order chi connectivity index (χ0) is 17.7. The molecule has 0 fully saturated rings. The highest BCUT2D eigenvalue weighted by Crippen LogP contribution is 2.27. The van der Waals surface area contributed by atoms with E-state index in [4.69, 9.17) is 16.3 Å². The number of ether oxygens (including phenoxy) is 1. The molecule has 126 valence electrons. The largest absolute Gasteiger partial charge is 0.495 e. The summed E-state index contributed by atoms with van der Waals surface area (Å²) < 4.78 is 17.9. The molecule has 0 saturated heterocycles. The summed E-state index contributed by atoms with van der Waals surface area (Å²) in [5.74, 6) is -1.54. The van der Waals surface area contributed by atoms with Crippen LogP contribution in [0.5, 0.6) is 5.75 Å². The van der Waals surface area contributed by atoms with Gasteiger partial charge in [0.1, 0.15) is 11.6 Å². The van der Waals surface area contributed by atoms with Crippen molar-refractivity contribution in [2.75, 3.05) is 12.4 Å². The average Bonchev–Trinajstić information content (AvgIpc) is 2.55. The molecule has 0 aromatic heterocycles. The second kappa shape index (κ2) is 7.79. The summed E-state index contributed by atoms with van der Waals surface area (Å²) >= 11 is 5.96. The van der Waals surface area contributed by atoms with Crippen LogP contribution in [0.2, 0.25) is 5.02 Å². The third-order valence-corrected chi connectivity index (χ3v) is 3.63. The lowest BCUT2D eigenvalue weighted by Crippen LogP contribution is -2.36. The summed E-state index contributed by atoms with van der Waals surface area (Å²) in [4.78, 5) is 23.9. The van der Waals surface area contributed by atoms with Gasteiger partial charge in [-0.15, -0.1) is 0 Å². The first-order valence-electron chi connectivity index (χ1n) is 7.11. The van der Waals surface area contributed by atoms with Crippen LogP contribution < -0.4 is 15.4 Å². The van der Waals surface area contributed by atoms with E-state index in [9.17, 15) is 14.0 Å². The number of nitrogens with one attached hydrogen (secondary N) is 2. The molecule has 0 aliphatic heterocycles. The second-order valence-electron chi connectivity index (χ2n) is 5.05. The highest BCUT2D eigenvalue weighted by Gasteiger charge is 2.17. The van der Waals surface area contributed by atoms with Crippen molar-refractivity contribution in [2.24, 2.45) is 0 Å². The number of anilines is 1. The molecule has 5 nitrogen and oxygen atoms in total. The van der Waals surface area contributed by atoms with E-state index in [2.05, 4.69) is 10.6 Å². The van der Waals surface area contributed by atoms with Gasteiger partial charge in [0, 0.05) is 5.69 Å². The summed E-state index contributed by atoms with van der Waals surface area (Å²) in [5.41, 5.74) is 1.06. The van der Waals surface area contributed by atoms with E-state index in [1.165, 1.54) is 25.3 Å². The maximum Gasteiger partial charge on any atom is 0.313 e. The number of amides is 2. The Morgan fingerprint density at radius 1 is 1.12 bits per heavy atom. The van der Waals surface area contributed by atoms with Crippen molar-refractivity contribution in [3.63, 3.8) is 0 Å². The molecule has 0 aliphatic carbocycles. The van der Waals surface area contributed by atoms with Gasteiger partial charge in [-0.1, -0.05) is 23.7 Å². The van der Waals surface area contributed by atoms with E-state index in [0.29, 0.717) is 22.0 Å². The predicted molar refractivity (Wildman–Crippen MR) is 89.6 cm³/mol. The van der Waals surface area contributed by atoms with Crippen LogP contribution in [0, 0.1) is 5.82 Å². The van der Waals surface area contributed by atoms with Crippen LogP contribution in [0.4, 0.5) is 10.1 Å². The van der Waals surface area contributed by atoms with Gasteiger partial charge in [-0.3, -0.25) is 9.59 Å². The number of methoxy groups -OCH3 is 1. The van der Waals surface area contributed by atoms with Gasteiger partial charge in [0.2, 0.25) is 0 Å². The number of rotatable bonds is 4.